The molecular weight excluding hydrogens is 308 g/mol. The molecule has 0 heterocycles. The molecular formula is C14H16N2O5S. The number of nitro groups is 1. The number of amides is 1. The van der Waals surface area contributed by atoms with Crippen LogP contribution in [0.1, 0.15) is 19.8 Å². The zero-order chi connectivity index (χ0) is 16.3. The zero-order valence-corrected chi connectivity index (χ0v) is 12.8. The van der Waals surface area contributed by atoms with Crippen molar-refractivity contribution in [3.8, 4) is 0 Å². The van der Waals surface area contributed by atoms with Crippen LogP contribution in [0.4, 0.5) is 5.69 Å². The first kappa shape index (κ1) is 16.3. The van der Waals surface area contributed by atoms with E-state index in [1.807, 2.05) is 0 Å². The number of carbonyl (C=O) groups is 2. The van der Waals surface area contributed by atoms with E-state index in [0.29, 0.717) is 0 Å². The molecule has 1 aromatic rings. The number of aliphatic carboxylic acids is 1. The number of nitro benzene ring substituents is 1. The first-order chi connectivity index (χ1) is 10.4. The number of benzene rings is 1. The normalized spacial score (nSPS) is 15.1. The zero-order valence-electron chi connectivity index (χ0n) is 12.0. The third-order valence-electron chi connectivity index (χ3n) is 3.28. The van der Waals surface area contributed by atoms with Crippen molar-refractivity contribution in [3.05, 3.63) is 34.4 Å². The van der Waals surface area contributed by atoms with Gasteiger partial charge < -0.3 is 10.0 Å². The molecule has 0 bridgehead atoms. The van der Waals surface area contributed by atoms with Gasteiger partial charge in [0, 0.05) is 23.1 Å². The molecule has 0 aliphatic heterocycles. The molecule has 0 spiro atoms. The molecule has 22 heavy (non-hydrogen) atoms. The molecule has 1 aliphatic carbocycles. The van der Waals surface area contributed by atoms with Crippen molar-refractivity contribution < 1.29 is 19.6 Å². The third kappa shape index (κ3) is 4.20. The molecule has 1 saturated carbocycles. The van der Waals surface area contributed by atoms with Crippen molar-refractivity contribution >= 4 is 29.3 Å². The van der Waals surface area contributed by atoms with E-state index >= 15 is 0 Å². The van der Waals surface area contributed by atoms with Crippen molar-refractivity contribution in [1.29, 1.82) is 0 Å². The smallest absolute Gasteiger partial charge is 0.323 e. The van der Waals surface area contributed by atoms with Crippen LogP contribution in [0, 0.1) is 10.1 Å². The van der Waals surface area contributed by atoms with Crippen molar-refractivity contribution in [2.75, 3.05) is 6.54 Å². The van der Waals surface area contributed by atoms with Crippen molar-refractivity contribution in [3.63, 3.8) is 0 Å². The van der Waals surface area contributed by atoms with Crippen molar-refractivity contribution in [1.82, 2.24) is 4.90 Å². The van der Waals surface area contributed by atoms with Gasteiger partial charge in [-0.25, -0.2) is 0 Å². The molecule has 0 saturated heterocycles. The summed E-state index contributed by atoms with van der Waals surface area (Å²) in [5.41, 5.74) is -0.00573. The molecule has 1 aliphatic rings. The molecule has 0 radical (unpaired) electrons. The summed E-state index contributed by atoms with van der Waals surface area (Å²) in [6.45, 7) is 1.43. The quantitative estimate of drug-likeness (QED) is 0.468. The van der Waals surface area contributed by atoms with E-state index in [0.717, 1.165) is 17.7 Å². The van der Waals surface area contributed by atoms with E-state index in [1.54, 1.807) is 19.1 Å². The lowest BCUT2D eigenvalue weighted by atomic mass is 10.3. The number of non-ortho nitro benzene ring substituents is 1. The van der Waals surface area contributed by atoms with Crippen LogP contribution < -0.4 is 0 Å². The number of hydrogen-bond acceptors (Lipinski definition) is 5. The lowest BCUT2D eigenvalue weighted by Crippen LogP contribution is -2.41. The Hall–Kier alpha value is -2.09. The Balaban J connectivity index is 2.00. The van der Waals surface area contributed by atoms with Crippen LogP contribution >= 0.6 is 11.8 Å². The van der Waals surface area contributed by atoms with E-state index in [9.17, 15) is 19.7 Å². The molecule has 1 atom stereocenters. The summed E-state index contributed by atoms with van der Waals surface area (Å²) >= 11 is 1.27. The van der Waals surface area contributed by atoms with Gasteiger partial charge in [-0.3, -0.25) is 19.7 Å². The minimum atomic E-state index is -1.02. The molecule has 1 fully saturated rings. The van der Waals surface area contributed by atoms with E-state index in [-0.39, 0.29) is 24.2 Å². The van der Waals surface area contributed by atoms with Crippen LogP contribution in [0.3, 0.4) is 0 Å². The van der Waals surface area contributed by atoms with Crippen molar-refractivity contribution in [2.45, 2.75) is 36.0 Å². The number of thioether (sulfide) groups is 1. The number of carbonyl (C=O) groups excluding carboxylic acids is 1. The van der Waals surface area contributed by atoms with Crippen molar-refractivity contribution in [2.24, 2.45) is 0 Å². The number of rotatable bonds is 7. The maximum atomic E-state index is 12.4. The molecule has 118 valence electrons. The Morgan fingerprint density at radius 1 is 1.41 bits per heavy atom. The van der Waals surface area contributed by atoms with Gasteiger partial charge in [0.15, 0.2) is 0 Å². The Morgan fingerprint density at radius 3 is 2.45 bits per heavy atom. The van der Waals surface area contributed by atoms with Crippen LogP contribution in [0.15, 0.2) is 29.2 Å². The number of carboxylic acid groups (broad SMARTS) is 1. The summed E-state index contributed by atoms with van der Waals surface area (Å²) in [4.78, 5) is 35.5. The maximum Gasteiger partial charge on any atom is 0.323 e. The summed E-state index contributed by atoms with van der Waals surface area (Å²) in [7, 11) is 0. The van der Waals surface area contributed by atoms with Crippen LogP contribution in [-0.2, 0) is 9.59 Å². The molecule has 8 heteroatoms. The second-order valence-corrected chi connectivity index (χ2v) is 6.52. The van der Waals surface area contributed by atoms with Crippen LogP contribution in [0.5, 0.6) is 0 Å². The molecule has 1 unspecified atom stereocenters. The Bertz CT molecular complexity index is 585. The maximum absolute atomic E-state index is 12.4. The predicted molar refractivity (Wildman–Crippen MR) is 80.8 cm³/mol. The molecule has 2 rings (SSSR count). The van der Waals surface area contributed by atoms with E-state index in [1.165, 1.54) is 28.8 Å². The van der Waals surface area contributed by atoms with Gasteiger partial charge in [0.2, 0.25) is 5.91 Å². The van der Waals surface area contributed by atoms with E-state index in [2.05, 4.69) is 0 Å². The van der Waals surface area contributed by atoms with E-state index < -0.39 is 16.1 Å². The summed E-state index contributed by atoms with van der Waals surface area (Å²) < 4.78 is 0. The second-order valence-electron chi connectivity index (χ2n) is 5.10. The predicted octanol–water partition coefficient (Wildman–Crippen LogP) is 2.15. The van der Waals surface area contributed by atoms with Gasteiger partial charge in [0.05, 0.1) is 10.2 Å². The third-order valence-corrected chi connectivity index (χ3v) is 4.38. The fourth-order valence-corrected chi connectivity index (χ4v) is 2.99. The standard InChI is InChI=1S/C14H16N2O5S/c1-9(14(19)15(8-13(17)18)10-2-3-10)22-12-6-4-11(5-7-12)16(20)21/h4-7,9-10H,2-3,8H2,1H3,(H,17,18). The van der Waals surface area contributed by atoms with Gasteiger partial charge in [0.25, 0.3) is 5.69 Å². The minimum Gasteiger partial charge on any atom is -0.480 e. The summed E-state index contributed by atoms with van der Waals surface area (Å²) in [5, 5.41) is 19.1. The fourth-order valence-electron chi connectivity index (χ4n) is 2.05. The lowest BCUT2D eigenvalue weighted by molar-refractivity contribution is -0.384. The van der Waals surface area contributed by atoms with Crippen LogP contribution in [0.25, 0.3) is 0 Å². The molecule has 0 aromatic heterocycles. The second kappa shape index (κ2) is 6.78. The number of hydrogen-bond donors (Lipinski definition) is 1. The molecule has 1 amide bonds. The fraction of sp³-hybridized carbons (Fsp3) is 0.429. The average Bonchev–Trinajstić information content (AvgIpc) is 3.29. The van der Waals surface area contributed by atoms with Gasteiger partial charge in [-0.1, -0.05) is 0 Å². The van der Waals surface area contributed by atoms with Gasteiger partial charge in [-0.15, -0.1) is 11.8 Å². The van der Waals surface area contributed by atoms with E-state index in [4.69, 9.17) is 5.11 Å². The lowest BCUT2D eigenvalue weighted by Gasteiger charge is -2.23. The Labute approximate surface area is 131 Å². The summed E-state index contributed by atoms with van der Waals surface area (Å²) in [6, 6.07) is 5.98. The van der Waals surface area contributed by atoms with Gasteiger partial charge >= 0.3 is 5.97 Å². The minimum absolute atomic E-state index is 0.00573. The highest BCUT2D eigenvalue weighted by molar-refractivity contribution is 8.00. The largest absolute Gasteiger partial charge is 0.480 e. The summed E-state index contributed by atoms with van der Waals surface area (Å²) in [5.74, 6) is -1.24. The first-order valence-corrected chi connectivity index (χ1v) is 7.70. The first-order valence-electron chi connectivity index (χ1n) is 6.82. The van der Waals surface area contributed by atoms with Crippen LogP contribution in [-0.4, -0.2) is 44.6 Å². The van der Waals surface area contributed by atoms with Gasteiger partial charge in [-0.05, 0) is 31.9 Å². The molecule has 1 aromatic carbocycles. The van der Waals surface area contributed by atoms with Gasteiger partial charge in [0.1, 0.15) is 6.54 Å². The highest BCUT2D eigenvalue weighted by atomic mass is 32.2. The highest BCUT2D eigenvalue weighted by Crippen LogP contribution is 2.31. The van der Waals surface area contributed by atoms with Gasteiger partial charge in [-0.2, -0.15) is 0 Å². The number of carboxylic acids is 1. The molecule has 7 nitrogen and oxygen atoms in total. The highest BCUT2D eigenvalue weighted by Gasteiger charge is 2.35. The topological polar surface area (TPSA) is 101 Å². The SMILES string of the molecule is CC(Sc1ccc([N+](=O)[O-])cc1)C(=O)N(CC(=O)O)C1CC1. The summed E-state index contributed by atoms with van der Waals surface area (Å²) in [6.07, 6.45) is 1.68. The number of nitrogens with zero attached hydrogens (tertiary/aromatic N) is 2. The van der Waals surface area contributed by atoms with Crippen LogP contribution in [0.2, 0.25) is 0 Å². The Morgan fingerprint density at radius 2 is 2.00 bits per heavy atom. The Kier molecular flexibility index (Phi) is 5.02. The average molecular weight is 324 g/mol. The molecule has 1 N–H and O–H groups in total. The monoisotopic (exact) mass is 324 g/mol.